The Morgan fingerprint density at radius 3 is 2.53 bits per heavy atom. The molecular formula is C11H18N2O4. The van der Waals surface area contributed by atoms with E-state index in [0.717, 1.165) is 0 Å². The Labute approximate surface area is 99.8 Å². The van der Waals surface area contributed by atoms with E-state index in [4.69, 9.17) is 5.11 Å². The molecule has 2 amide bonds. The molecule has 0 bridgehead atoms. The molecule has 0 radical (unpaired) electrons. The van der Waals surface area contributed by atoms with E-state index in [1.54, 1.807) is 13.8 Å². The Morgan fingerprint density at radius 1 is 1.47 bits per heavy atom. The molecule has 0 aliphatic carbocycles. The number of carboxylic acids is 1. The second-order valence-electron chi connectivity index (χ2n) is 4.61. The van der Waals surface area contributed by atoms with Gasteiger partial charge in [-0.2, -0.15) is 0 Å². The van der Waals surface area contributed by atoms with Gasteiger partial charge in [0.2, 0.25) is 11.8 Å². The molecule has 1 fully saturated rings. The van der Waals surface area contributed by atoms with Gasteiger partial charge in [0.15, 0.2) is 0 Å². The van der Waals surface area contributed by atoms with Gasteiger partial charge in [0.05, 0.1) is 5.92 Å². The quantitative estimate of drug-likeness (QED) is 0.632. The fourth-order valence-electron chi connectivity index (χ4n) is 1.74. The van der Waals surface area contributed by atoms with Gasteiger partial charge in [0.25, 0.3) is 0 Å². The van der Waals surface area contributed by atoms with Gasteiger partial charge < -0.3 is 15.7 Å². The molecule has 0 aromatic carbocycles. The number of carboxylic acid groups (broad SMARTS) is 1. The summed E-state index contributed by atoms with van der Waals surface area (Å²) in [5.41, 5.74) is 0. The van der Waals surface area contributed by atoms with Crippen LogP contribution < -0.4 is 10.6 Å². The van der Waals surface area contributed by atoms with Crippen molar-refractivity contribution in [3.8, 4) is 0 Å². The molecule has 1 aliphatic heterocycles. The Kier molecular flexibility index (Phi) is 4.48. The molecule has 1 heterocycles. The molecule has 0 aromatic heterocycles. The lowest BCUT2D eigenvalue weighted by Gasteiger charge is -2.25. The van der Waals surface area contributed by atoms with Gasteiger partial charge in [-0.1, -0.05) is 13.8 Å². The van der Waals surface area contributed by atoms with Crippen molar-refractivity contribution in [2.45, 2.75) is 32.7 Å². The zero-order valence-electron chi connectivity index (χ0n) is 10.0. The van der Waals surface area contributed by atoms with Gasteiger partial charge in [-0.25, -0.2) is 4.79 Å². The Bertz CT molecular complexity index is 317. The lowest BCUT2D eigenvalue weighted by molar-refractivity contribution is -0.144. The largest absolute Gasteiger partial charge is 0.480 e. The zero-order chi connectivity index (χ0) is 13.0. The van der Waals surface area contributed by atoms with Crippen LogP contribution in [0.15, 0.2) is 0 Å². The standard InChI is InChI=1S/C11H18N2O4/c1-6(2)9(11(16)17)13-10(15)7-3-4-8(14)12-5-7/h6-7,9H,3-5H2,1-2H3,(H,12,14)(H,13,15)(H,16,17)/t7?,9-/m1/s1. The number of hydrogen-bond donors (Lipinski definition) is 3. The Morgan fingerprint density at radius 2 is 2.12 bits per heavy atom. The first kappa shape index (κ1) is 13.5. The first-order valence-corrected chi connectivity index (χ1v) is 5.71. The molecule has 1 saturated heterocycles. The van der Waals surface area contributed by atoms with Crippen LogP contribution in [0.4, 0.5) is 0 Å². The monoisotopic (exact) mass is 242 g/mol. The van der Waals surface area contributed by atoms with Crippen molar-refractivity contribution < 1.29 is 19.5 Å². The third-order valence-electron chi connectivity index (χ3n) is 2.87. The Hall–Kier alpha value is -1.59. The zero-order valence-corrected chi connectivity index (χ0v) is 10.0. The maximum Gasteiger partial charge on any atom is 0.326 e. The summed E-state index contributed by atoms with van der Waals surface area (Å²) in [7, 11) is 0. The van der Waals surface area contributed by atoms with Crippen LogP contribution in [0.1, 0.15) is 26.7 Å². The molecule has 6 heteroatoms. The SMILES string of the molecule is CC(C)[C@@H](NC(=O)C1CCC(=O)NC1)C(=O)O. The number of aliphatic carboxylic acids is 1. The highest BCUT2D eigenvalue weighted by Crippen LogP contribution is 2.12. The van der Waals surface area contributed by atoms with Crippen molar-refractivity contribution in [3.05, 3.63) is 0 Å². The molecule has 1 aliphatic rings. The van der Waals surface area contributed by atoms with Gasteiger partial charge >= 0.3 is 5.97 Å². The van der Waals surface area contributed by atoms with Crippen molar-refractivity contribution in [1.29, 1.82) is 0 Å². The van der Waals surface area contributed by atoms with E-state index >= 15 is 0 Å². The fraction of sp³-hybridized carbons (Fsp3) is 0.727. The van der Waals surface area contributed by atoms with Crippen LogP contribution in [-0.4, -0.2) is 35.5 Å². The van der Waals surface area contributed by atoms with Crippen molar-refractivity contribution >= 4 is 17.8 Å². The molecule has 96 valence electrons. The third kappa shape index (κ3) is 3.72. The maximum absolute atomic E-state index is 11.8. The predicted octanol–water partition coefficient (Wildman–Crippen LogP) is -0.262. The molecule has 1 unspecified atom stereocenters. The highest BCUT2D eigenvalue weighted by molar-refractivity contribution is 5.87. The highest BCUT2D eigenvalue weighted by Gasteiger charge is 2.29. The van der Waals surface area contributed by atoms with Gasteiger partial charge in [-0.05, 0) is 12.3 Å². The smallest absolute Gasteiger partial charge is 0.326 e. The third-order valence-corrected chi connectivity index (χ3v) is 2.87. The lowest BCUT2D eigenvalue weighted by Crippen LogP contribution is -2.50. The molecule has 0 spiro atoms. The number of carbonyl (C=O) groups is 3. The Balaban J connectivity index is 2.53. The number of nitrogens with one attached hydrogen (secondary N) is 2. The molecular weight excluding hydrogens is 224 g/mol. The van der Waals surface area contributed by atoms with Crippen LogP contribution in [0, 0.1) is 11.8 Å². The van der Waals surface area contributed by atoms with E-state index in [1.807, 2.05) is 0 Å². The molecule has 0 aromatic rings. The minimum absolute atomic E-state index is 0.0623. The van der Waals surface area contributed by atoms with E-state index < -0.39 is 12.0 Å². The van der Waals surface area contributed by atoms with Crippen LogP contribution in [0.25, 0.3) is 0 Å². The normalized spacial score (nSPS) is 21.8. The topological polar surface area (TPSA) is 95.5 Å². The highest BCUT2D eigenvalue weighted by atomic mass is 16.4. The maximum atomic E-state index is 11.8. The summed E-state index contributed by atoms with van der Waals surface area (Å²) in [4.78, 5) is 33.7. The predicted molar refractivity (Wildman–Crippen MR) is 60.1 cm³/mol. The molecule has 1 rings (SSSR count). The summed E-state index contributed by atoms with van der Waals surface area (Å²) in [5, 5.41) is 14.1. The van der Waals surface area contributed by atoms with Crippen LogP contribution in [-0.2, 0) is 14.4 Å². The van der Waals surface area contributed by atoms with E-state index in [-0.39, 0.29) is 30.2 Å². The number of carbonyl (C=O) groups excluding carboxylic acids is 2. The second kappa shape index (κ2) is 5.65. The van der Waals surface area contributed by atoms with Gasteiger partial charge in [0.1, 0.15) is 6.04 Å². The first-order chi connectivity index (χ1) is 7.91. The minimum Gasteiger partial charge on any atom is -0.480 e. The average Bonchev–Trinajstić information content (AvgIpc) is 2.25. The van der Waals surface area contributed by atoms with Crippen molar-refractivity contribution in [1.82, 2.24) is 10.6 Å². The number of rotatable bonds is 4. The summed E-state index contributed by atoms with van der Waals surface area (Å²) in [6.45, 7) is 3.76. The minimum atomic E-state index is -1.03. The van der Waals surface area contributed by atoms with Crippen LogP contribution in [0.3, 0.4) is 0 Å². The second-order valence-corrected chi connectivity index (χ2v) is 4.61. The summed E-state index contributed by atoms with van der Waals surface area (Å²) in [6.07, 6.45) is 0.791. The fourth-order valence-corrected chi connectivity index (χ4v) is 1.74. The molecule has 2 atom stereocenters. The molecule has 6 nitrogen and oxygen atoms in total. The average molecular weight is 242 g/mol. The van der Waals surface area contributed by atoms with Gasteiger partial charge in [-0.15, -0.1) is 0 Å². The van der Waals surface area contributed by atoms with Gasteiger partial charge in [0, 0.05) is 13.0 Å². The van der Waals surface area contributed by atoms with E-state index in [1.165, 1.54) is 0 Å². The van der Waals surface area contributed by atoms with Crippen molar-refractivity contribution in [3.63, 3.8) is 0 Å². The first-order valence-electron chi connectivity index (χ1n) is 5.71. The van der Waals surface area contributed by atoms with E-state index in [2.05, 4.69) is 10.6 Å². The van der Waals surface area contributed by atoms with Crippen LogP contribution in [0.5, 0.6) is 0 Å². The molecule has 17 heavy (non-hydrogen) atoms. The summed E-state index contributed by atoms with van der Waals surface area (Å²) < 4.78 is 0. The van der Waals surface area contributed by atoms with Crippen LogP contribution in [0.2, 0.25) is 0 Å². The van der Waals surface area contributed by atoms with E-state index in [9.17, 15) is 14.4 Å². The molecule has 0 saturated carbocycles. The summed E-state index contributed by atoms with van der Waals surface area (Å²) in [6, 6.07) is -0.875. The summed E-state index contributed by atoms with van der Waals surface area (Å²) in [5.74, 6) is -1.89. The van der Waals surface area contributed by atoms with Crippen molar-refractivity contribution in [2.75, 3.05) is 6.54 Å². The summed E-state index contributed by atoms with van der Waals surface area (Å²) >= 11 is 0. The lowest BCUT2D eigenvalue weighted by atomic mass is 9.96. The van der Waals surface area contributed by atoms with Crippen LogP contribution >= 0.6 is 0 Å². The van der Waals surface area contributed by atoms with E-state index in [0.29, 0.717) is 12.8 Å². The van der Waals surface area contributed by atoms with Gasteiger partial charge in [-0.3, -0.25) is 9.59 Å². The number of piperidine rings is 1. The number of amides is 2. The molecule has 3 N–H and O–H groups in total. The number of hydrogen-bond acceptors (Lipinski definition) is 3. The van der Waals surface area contributed by atoms with Crippen molar-refractivity contribution in [2.24, 2.45) is 11.8 Å².